The van der Waals surface area contributed by atoms with E-state index in [9.17, 15) is 4.79 Å². The van der Waals surface area contributed by atoms with Crippen LogP contribution in [-0.2, 0) is 0 Å². The first-order chi connectivity index (χ1) is 8.08. The summed E-state index contributed by atoms with van der Waals surface area (Å²) in [5.41, 5.74) is 2.14. The quantitative estimate of drug-likeness (QED) is 0.852. The van der Waals surface area contributed by atoms with Crippen molar-refractivity contribution in [3.05, 3.63) is 41.9 Å². The normalized spacial score (nSPS) is 10.8. The fraction of sp³-hybridized carbons (Fsp3) is 0.231. The van der Waals surface area contributed by atoms with Gasteiger partial charge in [-0.1, -0.05) is 26.0 Å². The maximum Gasteiger partial charge on any atom is 0.335 e. The van der Waals surface area contributed by atoms with Crippen LogP contribution >= 0.6 is 0 Å². The lowest BCUT2D eigenvalue weighted by Gasteiger charge is -2.00. The van der Waals surface area contributed by atoms with Crippen molar-refractivity contribution in [1.82, 2.24) is 9.97 Å². The summed E-state index contributed by atoms with van der Waals surface area (Å²) in [6.45, 7) is 4.13. The van der Waals surface area contributed by atoms with Crippen molar-refractivity contribution in [1.29, 1.82) is 0 Å². The molecule has 0 spiro atoms. The lowest BCUT2D eigenvalue weighted by atomic mass is 10.1. The first kappa shape index (κ1) is 11.4. The number of carboxylic acids is 1. The summed E-state index contributed by atoms with van der Waals surface area (Å²) in [6, 6.07) is 6.74. The number of benzene rings is 1. The molecule has 4 heteroatoms. The number of hydrogen-bond acceptors (Lipinski definition) is 2. The third kappa shape index (κ3) is 2.36. The molecule has 0 unspecified atom stereocenters. The molecule has 1 aromatic heterocycles. The topological polar surface area (TPSA) is 66.0 Å². The highest BCUT2D eigenvalue weighted by molar-refractivity contribution is 5.88. The average Bonchev–Trinajstić information content (AvgIpc) is 2.78. The third-order valence-corrected chi connectivity index (χ3v) is 2.59. The second-order valence-corrected chi connectivity index (χ2v) is 4.22. The lowest BCUT2D eigenvalue weighted by molar-refractivity contribution is 0.0697. The third-order valence-electron chi connectivity index (χ3n) is 2.59. The number of nitrogens with zero attached hydrogens (tertiary/aromatic N) is 1. The van der Waals surface area contributed by atoms with E-state index < -0.39 is 5.97 Å². The molecular formula is C13H14N2O2. The molecule has 0 aliphatic carbocycles. The van der Waals surface area contributed by atoms with Gasteiger partial charge in [-0.2, -0.15) is 0 Å². The molecule has 0 saturated heterocycles. The van der Waals surface area contributed by atoms with Crippen molar-refractivity contribution in [2.24, 2.45) is 0 Å². The Morgan fingerprint density at radius 2 is 1.94 bits per heavy atom. The molecule has 0 aliphatic heterocycles. The van der Waals surface area contributed by atoms with E-state index in [4.69, 9.17) is 5.11 Å². The Balaban J connectivity index is 2.30. The minimum Gasteiger partial charge on any atom is -0.478 e. The summed E-state index contributed by atoms with van der Waals surface area (Å²) in [5, 5.41) is 8.80. The maximum atomic E-state index is 10.7. The summed E-state index contributed by atoms with van der Waals surface area (Å²) >= 11 is 0. The van der Waals surface area contributed by atoms with Gasteiger partial charge in [0.1, 0.15) is 5.82 Å². The van der Waals surface area contributed by atoms with Crippen LogP contribution in [-0.4, -0.2) is 21.0 Å². The SMILES string of the molecule is CC(C)c1ncc(-c2ccc(C(=O)O)cc2)[nH]1. The minimum absolute atomic E-state index is 0.289. The first-order valence-corrected chi connectivity index (χ1v) is 5.46. The van der Waals surface area contributed by atoms with Gasteiger partial charge in [0, 0.05) is 5.92 Å². The van der Waals surface area contributed by atoms with Crippen molar-refractivity contribution >= 4 is 5.97 Å². The van der Waals surface area contributed by atoms with Crippen molar-refractivity contribution in [3.8, 4) is 11.3 Å². The van der Waals surface area contributed by atoms with E-state index in [1.165, 1.54) is 0 Å². The Morgan fingerprint density at radius 1 is 1.29 bits per heavy atom. The summed E-state index contributed by atoms with van der Waals surface area (Å²) in [7, 11) is 0. The maximum absolute atomic E-state index is 10.7. The zero-order valence-electron chi connectivity index (χ0n) is 9.77. The van der Waals surface area contributed by atoms with Crippen LogP contribution in [0.3, 0.4) is 0 Å². The van der Waals surface area contributed by atoms with Gasteiger partial charge in [0.2, 0.25) is 0 Å². The van der Waals surface area contributed by atoms with Crippen molar-refractivity contribution in [3.63, 3.8) is 0 Å². The smallest absolute Gasteiger partial charge is 0.335 e. The van der Waals surface area contributed by atoms with Gasteiger partial charge in [-0.05, 0) is 17.7 Å². The van der Waals surface area contributed by atoms with E-state index in [1.54, 1.807) is 30.5 Å². The second-order valence-electron chi connectivity index (χ2n) is 4.22. The van der Waals surface area contributed by atoms with Crippen LogP contribution in [0.5, 0.6) is 0 Å². The number of aromatic nitrogens is 2. The summed E-state index contributed by atoms with van der Waals surface area (Å²) < 4.78 is 0. The molecule has 1 aromatic carbocycles. The van der Waals surface area contributed by atoms with Gasteiger partial charge >= 0.3 is 5.97 Å². The van der Waals surface area contributed by atoms with Crippen LogP contribution in [0.1, 0.15) is 35.9 Å². The van der Waals surface area contributed by atoms with E-state index in [2.05, 4.69) is 23.8 Å². The fourth-order valence-corrected chi connectivity index (χ4v) is 1.57. The van der Waals surface area contributed by atoms with Gasteiger partial charge in [-0.15, -0.1) is 0 Å². The van der Waals surface area contributed by atoms with Crippen molar-refractivity contribution in [2.75, 3.05) is 0 Å². The number of hydrogen-bond donors (Lipinski definition) is 2. The van der Waals surface area contributed by atoms with Gasteiger partial charge in [-0.3, -0.25) is 0 Å². The largest absolute Gasteiger partial charge is 0.478 e. The zero-order valence-corrected chi connectivity index (χ0v) is 9.77. The van der Waals surface area contributed by atoms with Crippen molar-refractivity contribution in [2.45, 2.75) is 19.8 Å². The van der Waals surface area contributed by atoms with E-state index in [-0.39, 0.29) is 5.56 Å². The van der Waals surface area contributed by atoms with Gasteiger partial charge in [0.05, 0.1) is 17.5 Å². The molecule has 4 nitrogen and oxygen atoms in total. The molecule has 1 heterocycles. The summed E-state index contributed by atoms with van der Waals surface area (Å²) in [4.78, 5) is 18.2. The number of imidazole rings is 1. The van der Waals surface area contributed by atoms with Crippen LogP contribution in [0.4, 0.5) is 0 Å². The molecule has 0 saturated carbocycles. The van der Waals surface area contributed by atoms with Crippen LogP contribution in [0.25, 0.3) is 11.3 Å². The Bertz CT molecular complexity index is 527. The second kappa shape index (κ2) is 4.41. The molecule has 0 atom stereocenters. The molecule has 2 N–H and O–H groups in total. The molecule has 2 rings (SSSR count). The summed E-state index contributed by atoms with van der Waals surface area (Å²) in [6.07, 6.45) is 1.77. The molecule has 0 amide bonds. The summed E-state index contributed by atoms with van der Waals surface area (Å²) in [5.74, 6) is 0.369. The molecule has 0 bridgehead atoms. The number of aromatic amines is 1. The highest BCUT2D eigenvalue weighted by Gasteiger charge is 2.07. The predicted molar refractivity (Wildman–Crippen MR) is 65.1 cm³/mol. The predicted octanol–water partition coefficient (Wildman–Crippen LogP) is 2.90. The Hall–Kier alpha value is -2.10. The van der Waals surface area contributed by atoms with Gasteiger partial charge in [0.15, 0.2) is 0 Å². The van der Waals surface area contributed by atoms with Crippen LogP contribution in [0, 0.1) is 0 Å². The van der Waals surface area contributed by atoms with E-state index in [0.717, 1.165) is 17.1 Å². The standard InChI is InChI=1S/C13H14N2O2/c1-8(2)12-14-7-11(15-12)9-3-5-10(6-4-9)13(16)17/h3-8H,1-2H3,(H,14,15)(H,16,17). The van der Waals surface area contributed by atoms with E-state index >= 15 is 0 Å². The number of nitrogens with one attached hydrogen (secondary N) is 1. The molecule has 88 valence electrons. The van der Waals surface area contributed by atoms with Gasteiger partial charge in [-0.25, -0.2) is 9.78 Å². The molecule has 0 aliphatic rings. The number of rotatable bonds is 3. The highest BCUT2D eigenvalue weighted by Crippen LogP contribution is 2.20. The first-order valence-electron chi connectivity index (χ1n) is 5.46. The molecule has 2 aromatic rings. The molecule has 17 heavy (non-hydrogen) atoms. The van der Waals surface area contributed by atoms with Crippen LogP contribution in [0.15, 0.2) is 30.5 Å². The van der Waals surface area contributed by atoms with Gasteiger partial charge < -0.3 is 10.1 Å². The number of carbonyl (C=O) groups is 1. The van der Waals surface area contributed by atoms with Crippen LogP contribution < -0.4 is 0 Å². The average molecular weight is 230 g/mol. The Labute approximate surface area is 99.3 Å². The molecular weight excluding hydrogens is 216 g/mol. The van der Waals surface area contributed by atoms with Crippen molar-refractivity contribution < 1.29 is 9.90 Å². The Morgan fingerprint density at radius 3 is 2.41 bits per heavy atom. The fourth-order valence-electron chi connectivity index (χ4n) is 1.57. The lowest BCUT2D eigenvalue weighted by Crippen LogP contribution is -1.95. The molecule has 0 fully saturated rings. The highest BCUT2D eigenvalue weighted by atomic mass is 16.4. The molecule has 0 radical (unpaired) electrons. The van der Waals surface area contributed by atoms with E-state index in [1.807, 2.05) is 0 Å². The Kier molecular flexibility index (Phi) is 2.95. The van der Waals surface area contributed by atoms with E-state index in [0.29, 0.717) is 5.92 Å². The monoisotopic (exact) mass is 230 g/mol. The zero-order chi connectivity index (χ0) is 12.4. The minimum atomic E-state index is -0.913. The van der Waals surface area contributed by atoms with Crippen LogP contribution in [0.2, 0.25) is 0 Å². The van der Waals surface area contributed by atoms with Gasteiger partial charge in [0.25, 0.3) is 0 Å². The number of H-pyrrole nitrogens is 1. The number of carboxylic acid groups (broad SMARTS) is 1. The number of aromatic carboxylic acids is 1.